The largest absolute Gasteiger partial charge is 0.418 e. The van der Waals surface area contributed by atoms with Gasteiger partial charge in [-0.25, -0.2) is 5.01 Å². The first kappa shape index (κ1) is 16.8. The van der Waals surface area contributed by atoms with Crippen molar-refractivity contribution < 1.29 is 13.2 Å². The quantitative estimate of drug-likeness (QED) is 0.792. The van der Waals surface area contributed by atoms with E-state index in [2.05, 4.69) is 15.2 Å². The zero-order valence-electron chi connectivity index (χ0n) is 13.7. The van der Waals surface area contributed by atoms with Gasteiger partial charge >= 0.3 is 6.18 Å². The van der Waals surface area contributed by atoms with Crippen molar-refractivity contribution in [3.63, 3.8) is 0 Å². The highest BCUT2D eigenvalue weighted by atomic mass is 19.4. The monoisotopic (exact) mass is 368 g/mol. The Morgan fingerprint density at radius 3 is 2.59 bits per heavy atom. The van der Waals surface area contributed by atoms with Crippen molar-refractivity contribution in [2.75, 3.05) is 11.7 Å². The van der Waals surface area contributed by atoms with E-state index < -0.39 is 11.7 Å². The van der Waals surface area contributed by atoms with E-state index in [0.717, 1.165) is 6.07 Å². The molecule has 0 spiro atoms. The number of halogens is 3. The molecule has 4 rings (SSSR count). The van der Waals surface area contributed by atoms with Crippen LogP contribution in [0.25, 0.3) is 5.57 Å². The molecule has 0 fully saturated rings. The molecule has 2 aliphatic rings. The Balaban J connectivity index is 1.82. The van der Waals surface area contributed by atoms with Gasteiger partial charge in [0.05, 0.1) is 28.6 Å². The number of nitrogens with zero attached hydrogens (tertiary/aromatic N) is 6. The third kappa shape index (κ3) is 3.01. The van der Waals surface area contributed by atoms with Crippen LogP contribution in [-0.4, -0.2) is 16.7 Å². The molecular weight excluding hydrogens is 357 g/mol. The van der Waals surface area contributed by atoms with Crippen molar-refractivity contribution >= 4 is 11.3 Å². The highest BCUT2D eigenvalue weighted by Crippen LogP contribution is 2.38. The molecule has 2 aromatic rings. The van der Waals surface area contributed by atoms with Crippen LogP contribution < -0.4 is 5.01 Å². The molecule has 0 bridgehead atoms. The summed E-state index contributed by atoms with van der Waals surface area (Å²) in [4.78, 5) is 3.95. The van der Waals surface area contributed by atoms with Crippen LogP contribution in [0, 0.1) is 11.3 Å². The molecule has 134 valence electrons. The van der Waals surface area contributed by atoms with E-state index in [-0.39, 0.29) is 17.9 Å². The van der Waals surface area contributed by atoms with Crippen molar-refractivity contribution in [1.82, 2.24) is 9.99 Å². The number of rotatable bonds is 2. The summed E-state index contributed by atoms with van der Waals surface area (Å²) in [5, 5.41) is 20.3. The fraction of sp³-hybridized carbons (Fsp3) is 0.111. The van der Waals surface area contributed by atoms with Crippen LogP contribution in [0.5, 0.6) is 0 Å². The maximum Gasteiger partial charge on any atom is 0.418 e. The van der Waals surface area contributed by atoms with Crippen LogP contribution in [-0.2, 0) is 6.18 Å². The predicted molar refractivity (Wildman–Crippen MR) is 90.5 cm³/mol. The molecule has 6 nitrogen and oxygen atoms in total. The molecule has 9 heteroatoms. The number of allylic oxidation sites excluding steroid dienone is 2. The molecule has 3 heterocycles. The summed E-state index contributed by atoms with van der Waals surface area (Å²) >= 11 is 0. The number of fused-ring (bicyclic) bond motifs is 1. The van der Waals surface area contributed by atoms with Gasteiger partial charge in [-0.05, 0) is 42.5 Å². The molecule has 0 atom stereocenters. The van der Waals surface area contributed by atoms with Crippen molar-refractivity contribution in [1.29, 1.82) is 5.26 Å². The average Bonchev–Trinajstić information content (AvgIpc) is 3.15. The van der Waals surface area contributed by atoms with E-state index in [9.17, 15) is 13.2 Å². The molecular formula is C18H11F3N6. The molecule has 27 heavy (non-hydrogen) atoms. The molecule has 0 radical (unpaired) electrons. The first-order chi connectivity index (χ1) is 13.0. The summed E-state index contributed by atoms with van der Waals surface area (Å²) in [6.45, 7) is 0.240. The van der Waals surface area contributed by atoms with Crippen molar-refractivity contribution in [2.45, 2.75) is 6.18 Å². The topological polar surface area (TPSA) is 67.9 Å². The van der Waals surface area contributed by atoms with E-state index >= 15 is 0 Å². The number of azo groups is 1. The minimum atomic E-state index is -4.53. The smallest absolute Gasteiger partial charge is 0.257 e. The number of hydrazine groups is 1. The number of anilines is 1. The fourth-order valence-corrected chi connectivity index (χ4v) is 2.84. The molecule has 1 aromatic heterocycles. The van der Waals surface area contributed by atoms with Crippen LogP contribution >= 0.6 is 0 Å². The Morgan fingerprint density at radius 1 is 1.11 bits per heavy atom. The minimum Gasteiger partial charge on any atom is -0.257 e. The second-order valence-corrected chi connectivity index (χ2v) is 5.77. The normalized spacial score (nSPS) is 15.9. The van der Waals surface area contributed by atoms with Gasteiger partial charge in [0.25, 0.3) is 0 Å². The van der Waals surface area contributed by atoms with Gasteiger partial charge in [0.1, 0.15) is 0 Å². The molecule has 0 amide bonds. The lowest BCUT2D eigenvalue weighted by Gasteiger charge is -2.34. The number of hydrogen-bond acceptors (Lipinski definition) is 6. The maximum atomic E-state index is 13.4. The zero-order valence-corrected chi connectivity index (χ0v) is 13.7. The van der Waals surface area contributed by atoms with Crippen molar-refractivity contribution in [3.8, 4) is 6.07 Å². The standard InChI is InChI=1S/C18H11F3N6/c19-18(20,21)15-2-1-7-23-17(15)13-8-16-25-24-11-27(16)26(10-13)14-5-3-12(9-22)4-6-14/h1-8,10H,11H2. The lowest BCUT2D eigenvalue weighted by atomic mass is 10.0. The van der Waals surface area contributed by atoms with Gasteiger partial charge < -0.3 is 0 Å². The second kappa shape index (κ2) is 6.25. The second-order valence-electron chi connectivity index (χ2n) is 5.77. The molecule has 0 saturated heterocycles. The molecule has 0 saturated carbocycles. The zero-order chi connectivity index (χ0) is 19.0. The van der Waals surface area contributed by atoms with Gasteiger partial charge in [0.2, 0.25) is 0 Å². The Kier molecular flexibility index (Phi) is 3.88. The van der Waals surface area contributed by atoms with Crippen LogP contribution in [0.2, 0.25) is 0 Å². The first-order valence-electron chi connectivity index (χ1n) is 7.88. The van der Waals surface area contributed by atoms with Gasteiger partial charge in [0, 0.05) is 18.0 Å². The van der Waals surface area contributed by atoms with Gasteiger partial charge in [-0.15, -0.1) is 5.11 Å². The van der Waals surface area contributed by atoms with Gasteiger partial charge in [-0.1, -0.05) is 0 Å². The summed E-state index contributed by atoms with van der Waals surface area (Å²) in [6.07, 6.45) is -0.137. The summed E-state index contributed by atoms with van der Waals surface area (Å²) < 4.78 is 40.2. The number of hydrogen-bond donors (Lipinski definition) is 0. The number of alkyl halides is 3. The van der Waals surface area contributed by atoms with E-state index in [0.29, 0.717) is 17.1 Å². The number of pyridine rings is 1. The van der Waals surface area contributed by atoms with Crippen molar-refractivity contribution in [3.05, 3.63) is 77.5 Å². The molecule has 0 aliphatic carbocycles. The Hall–Kier alpha value is -3.67. The molecule has 2 aliphatic heterocycles. The highest BCUT2D eigenvalue weighted by Gasteiger charge is 2.36. The lowest BCUT2D eigenvalue weighted by molar-refractivity contribution is -0.138. The van der Waals surface area contributed by atoms with Crippen LogP contribution in [0.3, 0.4) is 0 Å². The van der Waals surface area contributed by atoms with Crippen LogP contribution in [0.15, 0.2) is 70.9 Å². The third-order valence-electron chi connectivity index (χ3n) is 4.09. The van der Waals surface area contributed by atoms with Crippen LogP contribution in [0.1, 0.15) is 16.8 Å². The van der Waals surface area contributed by atoms with E-state index in [1.165, 1.54) is 18.3 Å². The van der Waals surface area contributed by atoms with E-state index in [1.54, 1.807) is 40.5 Å². The van der Waals surface area contributed by atoms with Gasteiger partial charge in [-0.2, -0.15) is 23.5 Å². The summed E-state index contributed by atoms with van der Waals surface area (Å²) in [5.41, 5.74) is 0.401. The predicted octanol–water partition coefficient (Wildman–Crippen LogP) is 4.31. The molecule has 1 aromatic carbocycles. The number of nitriles is 1. The molecule has 0 N–H and O–H groups in total. The SMILES string of the molecule is N#Cc1ccc(N2C=C(c3ncccc3C(F)(F)F)C=C3N=NCN32)cc1. The molecule has 0 unspecified atom stereocenters. The highest BCUT2D eigenvalue weighted by molar-refractivity contribution is 5.78. The van der Waals surface area contributed by atoms with Gasteiger partial charge in [0.15, 0.2) is 12.5 Å². The van der Waals surface area contributed by atoms with E-state index in [1.807, 2.05) is 6.07 Å². The first-order valence-corrected chi connectivity index (χ1v) is 7.88. The Morgan fingerprint density at radius 2 is 1.89 bits per heavy atom. The number of benzene rings is 1. The fourth-order valence-electron chi connectivity index (χ4n) is 2.84. The Labute approximate surface area is 152 Å². The summed E-state index contributed by atoms with van der Waals surface area (Å²) in [5.74, 6) is 0.413. The average molecular weight is 368 g/mol. The number of aromatic nitrogens is 1. The van der Waals surface area contributed by atoms with E-state index in [4.69, 9.17) is 5.26 Å². The summed E-state index contributed by atoms with van der Waals surface area (Å²) in [7, 11) is 0. The summed E-state index contributed by atoms with van der Waals surface area (Å²) in [6, 6.07) is 11.0. The van der Waals surface area contributed by atoms with Crippen molar-refractivity contribution in [2.24, 2.45) is 10.2 Å². The third-order valence-corrected chi connectivity index (χ3v) is 4.09. The Bertz CT molecular complexity index is 1010. The van der Waals surface area contributed by atoms with Gasteiger partial charge in [-0.3, -0.25) is 9.99 Å². The van der Waals surface area contributed by atoms with Crippen LogP contribution in [0.4, 0.5) is 18.9 Å². The maximum absolute atomic E-state index is 13.4. The lowest BCUT2D eigenvalue weighted by Crippen LogP contribution is -2.38. The minimum absolute atomic E-state index is 0.183.